The van der Waals surface area contributed by atoms with E-state index in [9.17, 15) is 4.39 Å². The Morgan fingerprint density at radius 2 is 1.77 bits per heavy atom. The van der Waals surface area contributed by atoms with Crippen molar-refractivity contribution in [3.63, 3.8) is 0 Å². The third-order valence-electron chi connectivity index (χ3n) is 5.92. The van der Waals surface area contributed by atoms with E-state index < -0.39 is 0 Å². The minimum absolute atomic E-state index is 0.305. The van der Waals surface area contributed by atoms with Crippen LogP contribution in [0.4, 0.5) is 10.1 Å². The molecule has 0 bridgehead atoms. The average molecular weight is 465 g/mol. The van der Waals surface area contributed by atoms with Crippen molar-refractivity contribution in [1.82, 2.24) is 35.1 Å². The van der Waals surface area contributed by atoms with Crippen LogP contribution in [0.3, 0.4) is 0 Å². The van der Waals surface area contributed by atoms with Crippen molar-refractivity contribution in [1.29, 1.82) is 0 Å². The fourth-order valence-electron chi connectivity index (χ4n) is 4.20. The number of H-pyrrole nitrogens is 2. The van der Waals surface area contributed by atoms with Gasteiger partial charge < -0.3 is 9.88 Å². The topological polar surface area (TPSA) is 99.3 Å². The number of fused-ring (bicyclic) bond motifs is 2. The highest BCUT2D eigenvalue weighted by atomic mass is 19.1. The molecule has 0 amide bonds. The largest absolute Gasteiger partial charge is 0.376 e. The number of halogens is 1. The number of rotatable bonds is 4. The van der Waals surface area contributed by atoms with Crippen molar-refractivity contribution in [3.8, 4) is 34.0 Å². The minimum atomic E-state index is -0.305. The lowest BCUT2D eigenvalue weighted by Gasteiger charge is -2.12. The zero-order valence-electron chi connectivity index (χ0n) is 19.3. The van der Waals surface area contributed by atoms with E-state index in [1.54, 1.807) is 18.6 Å². The Bertz CT molecular complexity index is 1700. The fourth-order valence-corrected chi connectivity index (χ4v) is 4.20. The van der Waals surface area contributed by atoms with E-state index in [2.05, 4.69) is 30.1 Å². The summed E-state index contributed by atoms with van der Waals surface area (Å²) >= 11 is 0. The van der Waals surface area contributed by atoms with Crippen LogP contribution >= 0.6 is 0 Å². The Morgan fingerprint density at radius 1 is 0.886 bits per heavy atom. The van der Waals surface area contributed by atoms with Gasteiger partial charge in [-0.25, -0.2) is 9.37 Å². The van der Waals surface area contributed by atoms with Gasteiger partial charge in [0.2, 0.25) is 0 Å². The van der Waals surface area contributed by atoms with Gasteiger partial charge in [0.05, 0.1) is 40.5 Å². The molecule has 35 heavy (non-hydrogen) atoms. The lowest BCUT2D eigenvalue weighted by atomic mass is 10.1. The molecule has 1 aromatic carbocycles. The van der Waals surface area contributed by atoms with Crippen LogP contribution in [0.5, 0.6) is 0 Å². The SMILES string of the molecule is Cc1cc(F)cc(-c2nccc3[nH]c(-c4n[nH]c5cnc(-c6cncc(N(C)C)c6)cc45)nc23)c1. The van der Waals surface area contributed by atoms with E-state index >= 15 is 0 Å². The molecule has 0 fully saturated rings. The number of pyridine rings is 3. The summed E-state index contributed by atoms with van der Waals surface area (Å²) < 4.78 is 14.1. The summed E-state index contributed by atoms with van der Waals surface area (Å²) in [6.07, 6.45) is 7.05. The predicted molar refractivity (Wildman–Crippen MR) is 134 cm³/mol. The summed E-state index contributed by atoms with van der Waals surface area (Å²) in [5, 5.41) is 8.42. The van der Waals surface area contributed by atoms with E-state index in [0.717, 1.165) is 38.9 Å². The number of anilines is 1. The molecule has 0 saturated carbocycles. The number of aryl methyl sites for hydroxylation is 1. The zero-order valence-corrected chi connectivity index (χ0v) is 19.3. The average Bonchev–Trinajstić information content (AvgIpc) is 3.47. The molecular weight excluding hydrogens is 443 g/mol. The van der Waals surface area contributed by atoms with Crippen LogP contribution in [0.1, 0.15) is 5.56 Å². The van der Waals surface area contributed by atoms with Gasteiger partial charge in [0.1, 0.15) is 17.0 Å². The number of benzene rings is 1. The third-order valence-corrected chi connectivity index (χ3v) is 5.92. The van der Waals surface area contributed by atoms with E-state index in [4.69, 9.17) is 4.98 Å². The van der Waals surface area contributed by atoms with Crippen LogP contribution in [-0.4, -0.2) is 49.2 Å². The highest BCUT2D eigenvalue weighted by Crippen LogP contribution is 2.32. The van der Waals surface area contributed by atoms with Gasteiger partial charge in [0.25, 0.3) is 0 Å². The fraction of sp³-hybridized carbons (Fsp3) is 0.115. The third kappa shape index (κ3) is 3.67. The summed E-state index contributed by atoms with van der Waals surface area (Å²) in [5.74, 6) is 0.284. The van der Waals surface area contributed by atoms with Gasteiger partial charge in [-0.3, -0.25) is 20.1 Å². The van der Waals surface area contributed by atoms with Crippen LogP contribution in [0.15, 0.2) is 61.2 Å². The summed E-state index contributed by atoms with van der Waals surface area (Å²) in [6, 6.07) is 10.7. The van der Waals surface area contributed by atoms with Gasteiger partial charge in [0, 0.05) is 43.0 Å². The lowest BCUT2D eigenvalue weighted by molar-refractivity contribution is 0.627. The van der Waals surface area contributed by atoms with Crippen molar-refractivity contribution >= 4 is 27.6 Å². The zero-order chi connectivity index (χ0) is 24.1. The van der Waals surface area contributed by atoms with Gasteiger partial charge in [0.15, 0.2) is 5.82 Å². The van der Waals surface area contributed by atoms with Crippen molar-refractivity contribution in [2.45, 2.75) is 6.92 Å². The van der Waals surface area contributed by atoms with Crippen molar-refractivity contribution in [2.24, 2.45) is 0 Å². The lowest BCUT2D eigenvalue weighted by Crippen LogP contribution is -2.08. The Labute approximate surface area is 199 Å². The number of aromatic amines is 2. The molecule has 6 rings (SSSR count). The van der Waals surface area contributed by atoms with Crippen molar-refractivity contribution < 1.29 is 4.39 Å². The number of nitrogens with one attached hydrogen (secondary N) is 2. The molecular formula is C26H21FN8. The monoisotopic (exact) mass is 464 g/mol. The van der Waals surface area contributed by atoms with Gasteiger partial charge in [-0.05, 0) is 48.9 Å². The number of hydrogen-bond acceptors (Lipinski definition) is 6. The Hall–Kier alpha value is -4.66. The Morgan fingerprint density at radius 3 is 2.60 bits per heavy atom. The molecule has 0 aliphatic rings. The first kappa shape index (κ1) is 20.9. The molecule has 0 unspecified atom stereocenters. The van der Waals surface area contributed by atoms with E-state index in [1.807, 2.05) is 56.4 Å². The first-order valence-electron chi connectivity index (χ1n) is 11.1. The molecule has 0 aliphatic carbocycles. The highest BCUT2D eigenvalue weighted by molar-refractivity contribution is 5.96. The van der Waals surface area contributed by atoms with E-state index in [-0.39, 0.29) is 5.82 Å². The normalized spacial score (nSPS) is 11.4. The van der Waals surface area contributed by atoms with Crippen LogP contribution < -0.4 is 4.90 Å². The summed E-state index contributed by atoms with van der Waals surface area (Å²) in [5.41, 5.74) is 7.69. The van der Waals surface area contributed by atoms with Crippen molar-refractivity contribution in [2.75, 3.05) is 19.0 Å². The number of hydrogen-bond donors (Lipinski definition) is 2. The molecule has 8 nitrogen and oxygen atoms in total. The summed E-state index contributed by atoms with van der Waals surface area (Å²) in [7, 11) is 3.95. The highest BCUT2D eigenvalue weighted by Gasteiger charge is 2.17. The van der Waals surface area contributed by atoms with Gasteiger partial charge in [-0.15, -0.1) is 0 Å². The summed E-state index contributed by atoms with van der Waals surface area (Å²) in [6.45, 7) is 1.86. The predicted octanol–water partition coefficient (Wildman–Crippen LogP) is 5.14. The molecule has 2 N–H and O–H groups in total. The maximum atomic E-state index is 14.1. The summed E-state index contributed by atoms with van der Waals surface area (Å²) in [4.78, 5) is 23.6. The van der Waals surface area contributed by atoms with Gasteiger partial charge in [-0.1, -0.05) is 0 Å². The quantitative estimate of drug-likeness (QED) is 0.375. The maximum absolute atomic E-state index is 14.1. The number of imidazole rings is 1. The van der Waals surface area contributed by atoms with Gasteiger partial charge in [-0.2, -0.15) is 5.10 Å². The second kappa shape index (κ2) is 7.98. The molecule has 5 aromatic heterocycles. The molecule has 0 atom stereocenters. The van der Waals surface area contributed by atoms with E-state index in [1.165, 1.54) is 12.1 Å². The van der Waals surface area contributed by atoms with Crippen LogP contribution in [0, 0.1) is 12.7 Å². The molecule has 172 valence electrons. The molecule has 9 heteroatoms. The standard InChI is InChI=1S/C26H21FN8/c1-14-6-15(8-17(27)7-14)23-25-20(4-5-29-23)31-26(32-25)24-19-10-21(30-13-22(19)33-34-24)16-9-18(35(2)3)12-28-11-16/h4-13H,1-3H3,(H,31,32)(H,33,34). The van der Waals surface area contributed by atoms with Crippen LogP contribution in [-0.2, 0) is 0 Å². The van der Waals surface area contributed by atoms with Crippen LogP contribution in [0.2, 0.25) is 0 Å². The molecule has 0 saturated heterocycles. The van der Waals surface area contributed by atoms with Crippen LogP contribution in [0.25, 0.3) is 56.0 Å². The van der Waals surface area contributed by atoms with Crippen molar-refractivity contribution in [3.05, 3.63) is 72.6 Å². The maximum Gasteiger partial charge on any atom is 0.159 e. The Kier molecular flexibility index (Phi) is 4.77. The first-order chi connectivity index (χ1) is 17.0. The number of nitrogens with zero attached hydrogens (tertiary/aromatic N) is 6. The molecule has 5 heterocycles. The molecule has 0 spiro atoms. The number of aromatic nitrogens is 7. The Balaban J connectivity index is 1.48. The molecule has 0 aliphatic heterocycles. The minimum Gasteiger partial charge on any atom is -0.376 e. The van der Waals surface area contributed by atoms with E-state index in [0.29, 0.717) is 28.3 Å². The molecule has 0 radical (unpaired) electrons. The smallest absolute Gasteiger partial charge is 0.159 e. The first-order valence-corrected chi connectivity index (χ1v) is 11.1. The molecule has 6 aromatic rings. The second-order valence-corrected chi connectivity index (χ2v) is 8.67. The van der Waals surface area contributed by atoms with Gasteiger partial charge >= 0.3 is 0 Å². The second-order valence-electron chi connectivity index (χ2n) is 8.67.